The number of nitrogens with zero attached hydrogens (tertiary/aromatic N) is 2. The van der Waals surface area contributed by atoms with Gasteiger partial charge in [-0.15, -0.1) is 0 Å². The summed E-state index contributed by atoms with van der Waals surface area (Å²) in [5.74, 6) is 0.574. The molecular formula is C26H25ClF3N5O3S. The van der Waals surface area contributed by atoms with Crippen molar-refractivity contribution in [3.8, 4) is 5.69 Å². The van der Waals surface area contributed by atoms with Crippen molar-refractivity contribution in [1.29, 1.82) is 0 Å². The first-order valence-electron chi connectivity index (χ1n) is 11.9. The Balaban J connectivity index is 1.42. The van der Waals surface area contributed by atoms with Crippen LogP contribution in [0.5, 0.6) is 0 Å². The summed E-state index contributed by atoms with van der Waals surface area (Å²) in [6.45, 7) is 2.28. The molecule has 0 saturated carbocycles. The van der Waals surface area contributed by atoms with E-state index in [1.54, 1.807) is 28.8 Å². The number of aromatic nitrogens is 2. The van der Waals surface area contributed by atoms with Gasteiger partial charge in [-0.25, -0.2) is 22.9 Å². The number of hydrogen-bond donors (Lipinski definition) is 3. The lowest BCUT2D eigenvalue weighted by molar-refractivity contribution is -0.137. The van der Waals surface area contributed by atoms with Crippen molar-refractivity contribution in [2.75, 3.05) is 6.54 Å². The largest absolute Gasteiger partial charge is 0.417 e. The molecule has 0 saturated heterocycles. The first kappa shape index (κ1) is 28.4. The second-order valence-electron chi connectivity index (χ2n) is 8.66. The fourth-order valence-electron chi connectivity index (χ4n) is 4.04. The molecule has 0 fully saturated rings. The molecule has 1 aromatic heterocycles. The van der Waals surface area contributed by atoms with E-state index in [0.717, 1.165) is 17.2 Å². The van der Waals surface area contributed by atoms with Crippen LogP contribution in [0.2, 0.25) is 5.02 Å². The van der Waals surface area contributed by atoms with E-state index in [0.29, 0.717) is 29.9 Å². The summed E-state index contributed by atoms with van der Waals surface area (Å²) in [5.41, 5.74) is 7.51. The zero-order valence-electron chi connectivity index (χ0n) is 20.7. The maximum atomic E-state index is 13.3. The molecule has 0 unspecified atom stereocenters. The number of halogens is 4. The van der Waals surface area contributed by atoms with Crippen LogP contribution in [-0.4, -0.2) is 30.5 Å². The van der Waals surface area contributed by atoms with Crippen molar-refractivity contribution in [3.05, 3.63) is 88.2 Å². The number of amides is 2. The number of nitrogens with two attached hydrogens (primary N) is 1. The van der Waals surface area contributed by atoms with E-state index in [4.69, 9.17) is 17.3 Å². The number of urea groups is 1. The number of rotatable bonds is 8. The second-order valence-corrected chi connectivity index (χ2v) is 10.8. The molecule has 13 heteroatoms. The Labute approximate surface area is 228 Å². The highest BCUT2D eigenvalue weighted by atomic mass is 35.5. The first-order valence-corrected chi connectivity index (χ1v) is 13.8. The molecule has 8 nitrogen and oxygen atoms in total. The number of carbonyl (C=O) groups is 1. The molecular weight excluding hydrogens is 555 g/mol. The van der Waals surface area contributed by atoms with Crippen LogP contribution in [-0.2, 0) is 35.6 Å². The minimum Gasteiger partial charge on any atom is -0.337 e. The van der Waals surface area contributed by atoms with E-state index < -0.39 is 32.8 Å². The van der Waals surface area contributed by atoms with Crippen LogP contribution in [0.15, 0.2) is 65.6 Å². The third kappa shape index (κ3) is 6.35. The van der Waals surface area contributed by atoms with Gasteiger partial charge in [-0.1, -0.05) is 42.8 Å². The normalized spacial score (nSPS) is 12.1. The maximum absolute atomic E-state index is 13.3. The summed E-state index contributed by atoms with van der Waals surface area (Å²) >= 11 is 5.95. The molecule has 0 aliphatic carbocycles. The fourth-order valence-corrected chi connectivity index (χ4v) is 5.24. The number of imidazole rings is 1. The van der Waals surface area contributed by atoms with Crippen LogP contribution in [0.4, 0.5) is 18.0 Å². The predicted molar refractivity (Wildman–Crippen MR) is 142 cm³/mol. The highest BCUT2D eigenvalue weighted by Crippen LogP contribution is 2.37. The van der Waals surface area contributed by atoms with Crippen LogP contribution in [0, 0.1) is 0 Å². The van der Waals surface area contributed by atoms with E-state index in [1.165, 1.54) is 18.2 Å². The quantitative estimate of drug-likeness (QED) is 0.273. The molecule has 0 aliphatic rings. The number of nitrogens with one attached hydrogen (secondary N) is 2. The molecule has 4 aromatic rings. The summed E-state index contributed by atoms with van der Waals surface area (Å²) in [6.07, 6.45) is -3.70. The monoisotopic (exact) mass is 579 g/mol. The zero-order chi connectivity index (χ0) is 28.4. The van der Waals surface area contributed by atoms with Gasteiger partial charge >= 0.3 is 12.2 Å². The van der Waals surface area contributed by atoms with Crippen molar-refractivity contribution in [2.45, 2.75) is 37.4 Å². The van der Waals surface area contributed by atoms with Crippen molar-refractivity contribution in [3.63, 3.8) is 0 Å². The van der Waals surface area contributed by atoms with Gasteiger partial charge in [0.15, 0.2) is 0 Å². The van der Waals surface area contributed by atoms with Gasteiger partial charge in [0.25, 0.3) is 10.0 Å². The summed E-state index contributed by atoms with van der Waals surface area (Å²) < 4.78 is 68.4. The average Bonchev–Trinajstić information content (AvgIpc) is 3.25. The Hall–Kier alpha value is -3.61. The van der Waals surface area contributed by atoms with Crippen LogP contribution < -0.4 is 15.8 Å². The fraction of sp³-hybridized carbons (Fsp3) is 0.231. The van der Waals surface area contributed by atoms with Gasteiger partial charge in [0, 0.05) is 25.2 Å². The first-order chi connectivity index (χ1) is 18.4. The van der Waals surface area contributed by atoms with Gasteiger partial charge in [0.1, 0.15) is 5.82 Å². The number of alkyl halides is 3. The highest BCUT2D eigenvalue weighted by Gasteiger charge is 2.34. The zero-order valence-corrected chi connectivity index (χ0v) is 22.3. The molecule has 3 aromatic carbocycles. The minimum atomic E-state index is -4.59. The summed E-state index contributed by atoms with van der Waals surface area (Å²) in [5, 5.41) is 2.11. The van der Waals surface area contributed by atoms with Gasteiger partial charge in [-0.2, -0.15) is 13.2 Å². The standard InChI is InChI=1S/C26H25ClF3N5O3S/c1-2-24-33-22-13-20(26(28,29)30)21(27)14-23(22)35(24)18-7-3-16(4-8-18)11-12-32-25(36)34-39(37,38)19-9-5-17(15-31)6-10-19/h3-10,13-14H,2,11-12,15,31H2,1H3,(H2,32,34,36). The van der Waals surface area contributed by atoms with Crippen LogP contribution in [0.1, 0.15) is 29.4 Å². The summed E-state index contributed by atoms with van der Waals surface area (Å²) in [7, 11) is -4.03. The number of benzene rings is 3. The molecule has 4 N–H and O–H groups in total. The molecule has 39 heavy (non-hydrogen) atoms. The van der Waals surface area contributed by atoms with Crippen molar-refractivity contribution in [1.82, 2.24) is 19.6 Å². The average molecular weight is 580 g/mol. The topological polar surface area (TPSA) is 119 Å². The number of fused-ring (bicyclic) bond motifs is 1. The van der Waals surface area contributed by atoms with Gasteiger partial charge < -0.3 is 11.1 Å². The minimum absolute atomic E-state index is 0.0557. The lowest BCUT2D eigenvalue weighted by Gasteiger charge is -2.12. The van der Waals surface area contributed by atoms with Crippen molar-refractivity contribution in [2.24, 2.45) is 5.73 Å². The lowest BCUT2D eigenvalue weighted by atomic mass is 10.1. The number of sulfonamides is 1. The van der Waals surface area contributed by atoms with Crippen molar-refractivity contribution < 1.29 is 26.4 Å². The van der Waals surface area contributed by atoms with E-state index in [9.17, 15) is 26.4 Å². The van der Waals surface area contributed by atoms with E-state index in [1.807, 2.05) is 23.8 Å². The van der Waals surface area contributed by atoms with Crippen LogP contribution >= 0.6 is 11.6 Å². The molecule has 4 rings (SSSR count). The van der Waals surface area contributed by atoms with E-state index >= 15 is 0 Å². The third-order valence-corrected chi connectivity index (χ3v) is 7.68. The number of carbonyl (C=O) groups excluding carboxylic acids is 1. The molecule has 0 radical (unpaired) electrons. The SMILES string of the molecule is CCc1nc2cc(C(F)(F)F)c(Cl)cc2n1-c1ccc(CCNC(=O)NS(=O)(=O)c2ccc(CN)cc2)cc1. The predicted octanol–water partition coefficient (Wildman–Crippen LogP) is 4.95. The van der Waals surface area contributed by atoms with E-state index in [-0.39, 0.29) is 23.5 Å². The van der Waals surface area contributed by atoms with Gasteiger partial charge in [0.05, 0.1) is 26.5 Å². The molecule has 0 bridgehead atoms. The Morgan fingerprint density at radius 1 is 1.05 bits per heavy atom. The van der Waals surface area contributed by atoms with E-state index in [2.05, 4.69) is 10.3 Å². The van der Waals surface area contributed by atoms with Crippen LogP contribution in [0.3, 0.4) is 0 Å². The Kier molecular flexibility index (Phi) is 8.19. The molecule has 206 valence electrons. The third-order valence-electron chi connectivity index (χ3n) is 6.02. The second kappa shape index (κ2) is 11.2. The highest BCUT2D eigenvalue weighted by molar-refractivity contribution is 7.90. The Morgan fingerprint density at radius 2 is 1.69 bits per heavy atom. The molecule has 0 spiro atoms. The Morgan fingerprint density at radius 3 is 2.28 bits per heavy atom. The molecule has 0 aliphatic heterocycles. The van der Waals surface area contributed by atoms with Crippen molar-refractivity contribution >= 4 is 38.7 Å². The Bertz CT molecular complexity index is 1600. The summed E-state index contributed by atoms with van der Waals surface area (Å²) in [6, 6.07) is 14.4. The lowest BCUT2D eigenvalue weighted by Crippen LogP contribution is -2.40. The van der Waals surface area contributed by atoms with Gasteiger partial charge in [-0.05, 0) is 53.9 Å². The molecule has 0 atom stereocenters. The smallest absolute Gasteiger partial charge is 0.337 e. The summed E-state index contributed by atoms with van der Waals surface area (Å²) in [4.78, 5) is 16.5. The molecule has 1 heterocycles. The van der Waals surface area contributed by atoms with Gasteiger partial charge in [-0.3, -0.25) is 4.57 Å². The maximum Gasteiger partial charge on any atom is 0.417 e. The molecule has 2 amide bonds. The number of aryl methyl sites for hydroxylation is 1. The van der Waals surface area contributed by atoms with Crippen LogP contribution in [0.25, 0.3) is 16.7 Å². The number of hydrogen-bond acceptors (Lipinski definition) is 5. The van der Waals surface area contributed by atoms with Gasteiger partial charge in [0.2, 0.25) is 0 Å².